The molecular weight excluding hydrogens is 207 g/mol. The molecule has 1 aromatic heterocycles. The van der Waals surface area contributed by atoms with Gasteiger partial charge in [-0.05, 0) is 24.6 Å². The van der Waals surface area contributed by atoms with Crippen LogP contribution in [0, 0.1) is 5.82 Å². The lowest BCUT2D eigenvalue weighted by Crippen LogP contribution is -2.01. The first kappa shape index (κ1) is 10.7. The molecule has 2 rings (SSSR count). The van der Waals surface area contributed by atoms with Gasteiger partial charge in [0.15, 0.2) is 0 Å². The molecule has 0 saturated heterocycles. The van der Waals surface area contributed by atoms with Gasteiger partial charge in [0.25, 0.3) is 0 Å². The minimum absolute atomic E-state index is 0.0701. The molecule has 0 amide bonds. The highest BCUT2D eigenvalue weighted by Gasteiger charge is 2.07. The first-order valence-electron chi connectivity index (χ1n) is 5.22. The molecule has 0 atom stereocenters. The summed E-state index contributed by atoms with van der Waals surface area (Å²) in [6, 6.07) is 5.82. The molecule has 84 valence electrons. The zero-order chi connectivity index (χ0) is 11.5. The Balaban J connectivity index is 2.45. The third-order valence-electron chi connectivity index (χ3n) is 2.33. The largest absolute Gasteiger partial charge is 0.508 e. The lowest BCUT2D eigenvalue weighted by Gasteiger charge is -2.06. The summed E-state index contributed by atoms with van der Waals surface area (Å²) in [6.45, 7) is 2.83. The molecule has 0 aliphatic carbocycles. The van der Waals surface area contributed by atoms with Crippen molar-refractivity contribution in [3.63, 3.8) is 0 Å². The van der Waals surface area contributed by atoms with Crippen molar-refractivity contribution in [2.75, 3.05) is 0 Å². The van der Waals surface area contributed by atoms with E-state index in [1.54, 1.807) is 10.9 Å². The summed E-state index contributed by atoms with van der Waals surface area (Å²) in [4.78, 5) is 0. The van der Waals surface area contributed by atoms with Gasteiger partial charge in [0.2, 0.25) is 0 Å². The van der Waals surface area contributed by atoms with E-state index in [9.17, 15) is 9.50 Å². The fourth-order valence-corrected chi connectivity index (χ4v) is 1.69. The van der Waals surface area contributed by atoms with Crippen LogP contribution in [0.4, 0.5) is 4.39 Å². The molecule has 0 bridgehead atoms. The predicted octanol–water partition coefficient (Wildman–Crippen LogP) is 2.80. The summed E-state index contributed by atoms with van der Waals surface area (Å²) in [5.74, 6) is -0.515. The Morgan fingerprint density at radius 3 is 2.88 bits per heavy atom. The van der Waals surface area contributed by atoms with Crippen molar-refractivity contribution in [3.05, 3.63) is 36.3 Å². The van der Waals surface area contributed by atoms with E-state index in [1.165, 1.54) is 12.1 Å². The molecule has 4 heteroatoms. The van der Waals surface area contributed by atoms with Gasteiger partial charge < -0.3 is 5.11 Å². The van der Waals surface area contributed by atoms with Gasteiger partial charge in [0.05, 0.1) is 5.69 Å². The van der Waals surface area contributed by atoms with E-state index >= 15 is 0 Å². The number of aromatic hydroxyl groups is 1. The van der Waals surface area contributed by atoms with Crippen molar-refractivity contribution >= 4 is 0 Å². The molecule has 1 aromatic carbocycles. The molecule has 0 spiro atoms. The number of rotatable bonds is 3. The Labute approximate surface area is 93.2 Å². The third-order valence-corrected chi connectivity index (χ3v) is 2.33. The van der Waals surface area contributed by atoms with E-state index < -0.39 is 5.82 Å². The van der Waals surface area contributed by atoms with Crippen molar-refractivity contribution in [1.29, 1.82) is 0 Å². The lowest BCUT2D eigenvalue weighted by atomic mass is 10.1. The average molecular weight is 220 g/mol. The summed E-state index contributed by atoms with van der Waals surface area (Å²) < 4.78 is 14.9. The topological polar surface area (TPSA) is 38.0 Å². The summed E-state index contributed by atoms with van der Waals surface area (Å²) in [5.41, 5.74) is 1.46. The molecule has 0 fully saturated rings. The van der Waals surface area contributed by atoms with E-state index in [0.29, 0.717) is 5.56 Å². The summed E-state index contributed by atoms with van der Waals surface area (Å²) in [7, 11) is 0. The van der Waals surface area contributed by atoms with Crippen LogP contribution in [-0.2, 0) is 6.54 Å². The Morgan fingerprint density at radius 1 is 1.38 bits per heavy atom. The van der Waals surface area contributed by atoms with Crippen LogP contribution >= 0.6 is 0 Å². The molecule has 3 nitrogen and oxygen atoms in total. The number of hydrogen-bond acceptors (Lipinski definition) is 2. The SMILES string of the molecule is CCCn1nccc1-c1cc(O)cc(F)c1. The van der Waals surface area contributed by atoms with E-state index in [2.05, 4.69) is 12.0 Å². The number of benzene rings is 1. The fourth-order valence-electron chi connectivity index (χ4n) is 1.69. The lowest BCUT2D eigenvalue weighted by molar-refractivity contribution is 0.469. The minimum atomic E-state index is -0.445. The first-order valence-corrected chi connectivity index (χ1v) is 5.22. The Kier molecular flexibility index (Phi) is 2.90. The zero-order valence-electron chi connectivity index (χ0n) is 9.02. The standard InChI is InChI=1S/C12H13FN2O/c1-2-5-15-12(3-4-14-15)9-6-10(13)8-11(16)7-9/h3-4,6-8,16H,2,5H2,1H3. The van der Waals surface area contributed by atoms with Crippen molar-refractivity contribution in [2.45, 2.75) is 19.9 Å². The van der Waals surface area contributed by atoms with Crippen LogP contribution in [0.1, 0.15) is 13.3 Å². The average Bonchev–Trinajstić information content (AvgIpc) is 2.65. The highest BCUT2D eigenvalue weighted by atomic mass is 19.1. The van der Waals surface area contributed by atoms with Gasteiger partial charge in [-0.2, -0.15) is 5.10 Å². The smallest absolute Gasteiger partial charge is 0.127 e. The quantitative estimate of drug-likeness (QED) is 0.863. The van der Waals surface area contributed by atoms with Gasteiger partial charge in [0.1, 0.15) is 11.6 Å². The highest BCUT2D eigenvalue weighted by Crippen LogP contribution is 2.24. The van der Waals surface area contributed by atoms with Crippen molar-refractivity contribution in [1.82, 2.24) is 9.78 Å². The van der Waals surface area contributed by atoms with Crippen LogP contribution < -0.4 is 0 Å². The molecule has 0 radical (unpaired) electrons. The second kappa shape index (κ2) is 4.35. The van der Waals surface area contributed by atoms with Crippen molar-refractivity contribution < 1.29 is 9.50 Å². The molecule has 16 heavy (non-hydrogen) atoms. The molecular formula is C12H13FN2O. The Hall–Kier alpha value is -1.84. The van der Waals surface area contributed by atoms with Gasteiger partial charge in [-0.15, -0.1) is 0 Å². The maximum atomic E-state index is 13.1. The monoisotopic (exact) mass is 220 g/mol. The number of halogens is 1. The third kappa shape index (κ3) is 2.05. The summed E-state index contributed by atoms with van der Waals surface area (Å²) >= 11 is 0. The number of aromatic nitrogens is 2. The second-order valence-electron chi connectivity index (χ2n) is 3.64. The van der Waals surface area contributed by atoms with Gasteiger partial charge in [-0.1, -0.05) is 6.92 Å². The van der Waals surface area contributed by atoms with E-state index in [-0.39, 0.29) is 5.75 Å². The van der Waals surface area contributed by atoms with Gasteiger partial charge in [-0.3, -0.25) is 4.68 Å². The minimum Gasteiger partial charge on any atom is -0.508 e. The highest BCUT2D eigenvalue weighted by molar-refractivity contribution is 5.61. The Morgan fingerprint density at radius 2 is 2.19 bits per heavy atom. The summed E-state index contributed by atoms with van der Waals surface area (Å²) in [6.07, 6.45) is 2.63. The number of aryl methyl sites for hydroxylation is 1. The second-order valence-corrected chi connectivity index (χ2v) is 3.64. The van der Waals surface area contributed by atoms with E-state index in [0.717, 1.165) is 24.7 Å². The fraction of sp³-hybridized carbons (Fsp3) is 0.250. The number of phenolic OH excluding ortho intramolecular Hbond substituents is 1. The molecule has 0 unspecified atom stereocenters. The molecule has 0 saturated carbocycles. The number of nitrogens with zero attached hydrogens (tertiary/aromatic N) is 2. The Bertz CT molecular complexity index is 473. The van der Waals surface area contributed by atoms with E-state index in [1.807, 2.05) is 6.07 Å². The molecule has 0 aliphatic rings. The number of phenols is 1. The molecule has 0 aliphatic heterocycles. The van der Waals surface area contributed by atoms with Gasteiger partial charge >= 0.3 is 0 Å². The maximum absolute atomic E-state index is 13.1. The van der Waals surface area contributed by atoms with Crippen LogP contribution in [0.15, 0.2) is 30.5 Å². The van der Waals surface area contributed by atoms with Gasteiger partial charge in [0, 0.05) is 24.4 Å². The van der Waals surface area contributed by atoms with Crippen LogP contribution in [0.2, 0.25) is 0 Å². The maximum Gasteiger partial charge on any atom is 0.127 e. The van der Waals surface area contributed by atoms with Crippen LogP contribution in [0.25, 0.3) is 11.3 Å². The van der Waals surface area contributed by atoms with Crippen LogP contribution in [-0.4, -0.2) is 14.9 Å². The van der Waals surface area contributed by atoms with Crippen LogP contribution in [0.3, 0.4) is 0 Å². The molecule has 1 N–H and O–H groups in total. The molecule has 1 heterocycles. The normalized spacial score (nSPS) is 10.6. The predicted molar refractivity (Wildman–Crippen MR) is 59.6 cm³/mol. The molecule has 2 aromatic rings. The van der Waals surface area contributed by atoms with Gasteiger partial charge in [-0.25, -0.2) is 4.39 Å². The van der Waals surface area contributed by atoms with E-state index in [4.69, 9.17) is 0 Å². The zero-order valence-corrected chi connectivity index (χ0v) is 9.02. The number of hydrogen-bond donors (Lipinski definition) is 1. The van der Waals surface area contributed by atoms with Crippen molar-refractivity contribution in [2.24, 2.45) is 0 Å². The summed E-state index contributed by atoms with van der Waals surface area (Å²) in [5, 5.41) is 13.5. The van der Waals surface area contributed by atoms with Crippen molar-refractivity contribution in [3.8, 4) is 17.0 Å². The van der Waals surface area contributed by atoms with Crippen LogP contribution in [0.5, 0.6) is 5.75 Å². The first-order chi connectivity index (χ1) is 7.70.